The second-order valence-electron chi connectivity index (χ2n) is 5.22. The van der Waals surface area contributed by atoms with Gasteiger partial charge in [-0.05, 0) is 30.3 Å². The largest absolute Gasteiger partial charge is 0.268 e. The van der Waals surface area contributed by atoms with E-state index in [1.54, 1.807) is 24.4 Å². The van der Waals surface area contributed by atoms with Gasteiger partial charge in [-0.25, -0.2) is 4.90 Å². The zero-order valence-corrected chi connectivity index (χ0v) is 15.0. The first-order valence-electron chi connectivity index (χ1n) is 6.90. The molecule has 0 fully saturated rings. The van der Waals surface area contributed by atoms with Gasteiger partial charge in [0.2, 0.25) is 0 Å². The Bertz CT molecular complexity index is 1010. The van der Waals surface area contributed by atoms with E-state index >= 15 is 0 Å². The molecule has 1 aliphatic rings. The van der Waals surface area contributed by atoms with Crippen molar-refractivity contribution >= 4 is 67.5 Å². The van der Waals surface area contributed by atoms with Crippen molar-refractivity contribution in [3.05, 3.63) is 68.2 Å². The van der Waals surface area contributed by atoms with Crippen LogP contribution >= 0.6 is 39.1 Å². The van der Waals surface area contributed by atoms with E-state index in [1.807, 2.05) is 6.07 Å². The summed E-state index contributed by atoms with van der Waals surface area (Å²) in [4.78, 5) is 31.0. The van der Waals surface area contributed by atoms with E-state index in [0.29, 0.717) is 11.2 Å². The number of hydrogen-bond donors (Lipinski definition) is 0. The second-order valence-corrected chi connectivity index (χ2v) is 6.89. The summed E-state index contributed by atoms with van der Waals surface area (Å²) in [6, 6.07) is 9.97. The number of carbonyl (C=O) groups excluding carboxylic acids is 2. The SMILES string of the molecule is O=C1c2cc(Cl)c(Cl)cc2C(=O)N1c1ccc(Br)c2cccnc12. The van der Waals surface area contributed by atoms with Gasteiger partial charge in [-0.1, -0.05) is 45.2 Å². The van der Waals surface area contributed by atoms with Crippen molar-refractivity contribution in [3.8, 4) is 0 Å². The third kappa shape index (κ3) is 2.16. The van der Waals surface area contributed by atoms with Crippen LogP contribution in [-0.4, -0.2) is 16.8 Å². The fourth-order valence-electron chi connectivity index (χ4n) is 2.76. The molecular weight excluding hydrogens is 415 g/mol. The van der Waals surface area contributed by atoms with Crippen molar-refractivity contribution in [2.75, 3.05) is 4.90 Å². The molecule has 2 heterocycles. The molecule has 0 unspecified atom stereocenters. The quantitative estimate of drug-likeness (QED) is 0.513. The molecule has 4 rings (SSSR count). The Labute approximate surface area is 155 Å². The topological polar surface area (TPSA) is 50.3 Å². The van der Waals surface area contributed by atoms with Crippen LogP contribution in [0.3, 0.4) is 0 Å². The van der Waals surface area contributed by atoms with Gasteiger partial charge in [0.1, 0.15) is 0 Å². The Kier molecular flexibility index (Phi) is 3.60. The molecule has 1 aromatic heterocycles. The Morgan fingerprint density at radius 2 is 1.58 bits per heavy atom. The summed E-state index contributed by atoms with van der Waals surface area (Å²) >= 11 is 15.4. The van der Waals surface area contributed by atoms with Gasteiger partial charge < -0.3 is 0 Å². The van der Waals surface area contributed by atoms with Crippen LogP contribution in [0.1, 0.15) is 20.7 Å². The molecule has 0 atom stereocenters. The molecule has 0 radical (unpaired) electrons. The van der Waals surface area contributed by atoms with E-state index in [4.69, 9.17) is 23.2 Å². The van der Waals surface area contributed by atoms with E-state index in [-0.39, 0.29) is 21.2 Å². The van der Waals surface area contributed by atoms with Crippen LogP contribution in [0.25, 0.3) is 10.9 Å². The summed E-state index contributed by atoms with van der Waals surface area (Å²) in [5.41, 5.74) is 1.45. The third-order valence-electron chi connectivity index (χ3n) is 3.86. The smallest absolute Gasteiger partial charge is 0.266 e. The second kappa shape index (κ2) is 5.55. The number of amides is 2. The van der Waals surface area contributed by atoms with Crippen LogP contribution in [-0.2, 0) is 0 Å². The fraction of sp³-hybridized carbons (Fsp3) is 0. The lowest BCUT2D eigenvalue weighted by Crippen LogP contribution is -2.29. The molecule has 0 saturated heterocycles. The Balaban J connectivity index is 1.95. The number of rotatable bonds is 1. The van der Waals surface area contributed by atoms with Gasteiger partial charge in [-0.3, -0.25) is 14.6 Å². The van der Waals surface area contributed by atoms with E-state index in [9.17, 15) is 9.59 Å². The molecule has 0 N–H and O–H groups in total. The highest BCUT2D eigenvalue weighted by atomic mass is 79.9. The Morgan fingerprint density at radius 1 is 0.958 bits per heavy atom. The molecular formula is C17H7BrCl2N2O2. The Morgan fingerprint density at radius 3 is 2.21 bits per heavy atom. The number of aromatic nitrogens is 1. The molecule has 2 aromatic carbocycles. The minimum absolute atomic E-state index is 0.234. The predicted molar refractivity (Wildman–Crippen MR) is 97.0 cm³/mol. The number of hydrogen-bond acceptors (Lipinski definition) is 3. The maximum atomic E-state index is 12.8. The lowest BCUT2D eigenvalue weighted by Gasteiger charge is -2.16. The highest BCUT2D eigenvalue weighted by Crippen LogP contribution is 2.37. The van der Waals surface area contributed by atoms with Crippen LogP contribution in [0.2, 0.25) is 10.0 Å². The number of benzene rings is 2. The summed E-state index contributed by atoms with van der Waals surface area (Å²) < 4.78 is 0.831. The minimum atomic E-state index is -0.442. The van der Waals surface area contributed by atoms with E-state index < -0.39 is 11.8 Å². The number of imide groups is 1. The molecule has 1 aliphatic heterocycles. The van der Waals surface area contributed by atoms with Gasteiger partial charge in [-0.15, -0.1) is 0 Å². The summed E-state index contributed by atoms with van der Waals surface area (Å²) in [5, 5.41) is 1.28. The lowest BCUT2D eigenvalue weighted by molar-refractivity contribution is 0.0926. The van der Waals surface area contributed by atoms with Gasteiger partial charge in [0.05, 0.1) is 32.4 Å². The molecule has 24 heavy (non-hydrogen) atoms. The normalized spacial score (nSPS) is 13.7. The van der Waals surface area contributed by atoms with E-state index in [2.05, 4.69) is 20.9 Å². The first kappa shape index (κ1) is 15.6. The standard InChI is InChI=1S/C17H7BrCl2N2O2/c18-11-3-4-14(15-8(11)2-1-5-21-15)22-16(23)9-6-12(19)13(20)7-10(9)17(22)24/h1-7H. The average molecular weight is 422 g/mol. The zero-order valence-electron chi connectivity index (χ0n) is 11.9. The fourth-order valence-corrected chi connectivity index (χ4v) is 3.54. The van der Waals surface area contributed by atoms with Crippen molar-refractivity contribution in [3.63, 3.8) is 0 Å². The number of nitrogens with zero attached hydrogens (tertiary/aromatic N) is 2. The molecule has 0 aliphatic carbocycles. The maximum absolute atomic E-state index is 12.8. The van der Waals surface area contributed by atoms with Gasteiger partial charge in [0.15, 0.2) is 0 Å². The first-order chi connectivity index (χ1) is 11.5. The van der Waals surface area contributed by atoms with Crippen LogP contribution in [0.5, 0.6) is 0 Å². The van der Waals surface area contributed by atoms with Gasteiger partial charge in [-0.2, -0.15) is 0 Å². The number of carbonyl (C=O) groups is 2. The summed E-state index contributed by atoms with van der Waals surface area (Å²) in [5.74, 6) is -0.884. The van der Waals surface area contributed by atoms with Crippen LogP contribution in [0.15, 0.2) is 47.1 Å². The lowest BCUT2D eigenvalue weighted by atomic mass is 10.1. The van der Waals surface area contributed by atoms with Crippen molar-refractivity contribution in [1.29, 1.82) is 0 Å². The number of fused-ring (bicyclic) bond motifs is 2. The van der Waals surface area contributed by atoms with Gasteiger partial charge in [0.25, 0.3) is 11.8 Å². The van der Waals surface area contributed by atoms with Crippen LogP contribution in [0, 0.1) is 0 Å². The van der Waals surface area contributed by atoms with Crippen LogP contribution in [0.4, 0.5) is 5.69 Å². The monoisotopic (exact) mass is 420 g/mol. The highest BCUT2D eigenvalue weighted by Gasteiger charge is 2.38. The van der Waals surface area contributed by atoms with E-state index in [0.717, 1.165) is 14.8 Å². The molecule has 4 nitrogen and oxygen atoms in total. The van der Waals surface area contributed by atoms with Crippen LogP contribution < -0.4 is 4.90 Å². The van der Waals surface area contributed by atoms with Crippen molar-refractivity contribution in [2.24, 2.45) is 0 Å². The highest BCUT2D eigenvalue weighted by molar-refractivity contribution is 9.10. The average Bonchev–Trinajstić information content (AvgIpc) is 2.80. The minimum Gasteiger partial charge on any atom is -0.268 e. The molecule has 3 aromatic rings. The van der Waals surface area contributed by atoms with Gasteiger partial charge in [0, 0.05) is 16.1 Å². The Hall–Kier alpha value is -1.95. The number of anilines is 1. The number of halogens is 3. The summed E-state index contributed by atoms with van der Waals surface area (Å²) in [6.07, 6.45) is 1.62. The molecule has 0 bridgehead atoms. The third-order valence-corrected chi connectivity index (χ3v) is 5.28. The van der Waals surface area contributed by atoms with Crippen molar-refractivity contribution in [2.45, 2.75) is 0 Å². The van der Waals surface area contributed by atoms with E-state index in [1.165, 1.54) is 12.1 Å². The summed E-state index contributed by atoms with van der Waals surface area (Å²) in [6.45, 7) is 0. The molecule has 0 saturated carbocycles. The molecule has 0 spiro atoms. The van der Waals surface area contributed by atoms with Crippen molar-refractivity contribution in [1.82, 2.24) is 4.98 Å². The zero-order chi connectivity index (χ0) is 17.0. The first-order valence-corrected chi connectivity index (χ1v) is 8.45. The molecule has 118 valence electrons. The van der Waals surface area contributed by atoms with Crippen molar-refractivity contribution < 1.29 is 9.59 Å². The maximum Gasteiger partial charge on any atom is 0.266 e. The predicted octanol–water partition coefficient (Wildman–Crippen LogP) is 5.10. The molecule has 7 heteroatoms. The van der Waals surface area contributed by atoms with Gasteiger partial charge >= 0.3 is 0 Å². The summed E-state index contributed by atoms with van der Waals surface area (Å²) in [7, 11) is 0. The number of pyridine rings is 1. The molecule has 2 amide bonds.